The summed E-state index contributed by atoms with van der Waals surface area (Å²) in [5.41, 5.74) is 3.32. The molecule has 0 atom stereocenters. The highest BCUT2D eigenvalue weighted by Crippen LogP contribution is 2.19. The van der Waals surface area contributed by atoms with Crippen molar-refractivity contribution in [2.75, 3.05) is 0 Å². The number of carbonyl (C=O) groups excluding carboxylic acids is 2. The van der Waals surface area contributed by atoms with Crippen molar-refractivity contribution in [1.29, 1.82) is 0 Å². The summed E-state index contributed by atoms with van der Waals surface area (Å²) in [6.07, 6.45) is 1.69. The van der Waals surface area contributed by atoms with Crippen molar-refractivity contribution >= 4 is 11.9 Å². The fraction of sp³-hybridized carbons (Fsp3) is 0.263. The quantitative estimate of drug-likeness (QED) is 0.625. The van der Waals surface area contributed by atoms with Gasteiger partial charge in [-0.05, 0) is 60.7 Å². The van der Waals surface area contributed by atoms with Crippen molar-refractivity contribution in [1.82, 2.24) is 0 Å². The first-order valence-corrected chi connectivity index (χ1v) is 7.49. The zero-order valence-corrected chi connectivity index (χ0v) is 13.6. The van der Waals surface area contributed by atoms with E-state index in [0.29, 0.717) is 11.5 Å². The number of benzene rings is 2. The minimum atomic E-state index is -0.324. The average Bonchev–Trinajstić information content (AvgIpc) is 2.44. The molecule has 2 aromatic rings. The van der Waals surface area contributed by atoms with E-state index in [-0.39, 0.29) is 11.9 Å². The predicted molar refractivity (Wildman–Crippen MR) is 87.6 cm³/mol. The molecule has 0 saturated heterocycles. The molecule has 0 heterocycles. The molecule has 0 amide bonds. The first-order chi connectivity index (χ1) is 10.9. The highest BCUT2D eigenvalue weighted by Gasteiger charge is 2.04. The minimum Gasteiger partial charge on any atom is -0.427 e. The SMILES string of the molecule is CC(=O)Oc1ccc(CCc2cc(C)cc(OC(C)=O)c2)cc1. The van der Waals surface area contributed by atoms with Gasteiger partial charge in [-0.2, -0.15) is 0 Å². The predicted octanol–water partition coefficient (Wildman–Crippen LogP) is 3.63. The maximum absolute atomic E-state index is 11.1. The molecule has 0 bridgehead atoms. The highest BCUT2D eigenvalue weighted by molar-refractivity contribution is 5.69. The first kappa shape index (κ1) is 16.7. The van der Waals surface area contributed by atoms with E-state index in [1.165, 1.54) is 13.8 Å². The fourth-order valence-corrected chi connectivity index (χ4v) is 2.37. The molecule has 120 valence electrons. The Kier molecular flexibility index (Phi) is 5.52. The third-order valence-electron chi connectivity index (χ3n) is 3.26. The second kappa shape index (κ2) is 7.58. The third-order valence-corrected chi connectivity index (χ3v) is 3.26. The van der Waals surface area contributed by atoms with E-state index < -0.39 is 0 Å². The van der Waals surface area contributed by atoms with Gasteiger partial charge in [0.05, 0.1) is 0 Å². The van der Waals surface area contributed by atoms with Gasteiger partial charge in [0.25, 0.3) is 0 Å². The Morgan fingerprint density at radius 1 is 0.783 bits per heavy atom. The van der Waals surface area contributed by atoms with Gasteiger partial charge in [-0.25, -0.2) is 0 Å². The van der Waals surface area contributed by atoms with E-state index in [1.807, 2.05) is 31.2 Å². The normalized spacial score (nSPS) is 10.2. The van der Waals surface area contributed by atoms with Crippen molar-refractivity contribution < 1.29 is 19.1 Å². The Hall–Kier alpha value is -2.62. The van der Waals surface area contributed by atoms with Gasteiger partial charge in [0, 0.05) is 13.8 Å². The minimum absolute atomic E-state index is 0.317. The van der Waals surface area contributed by atoms with Crippen LogP contribution in [0.5, 0.6) is 11.5 Å². The number of ether oxygens (including phenoxy) is 2. The first-order valence-electron chi connectivity index (χ1n) is 7.49. The molecule has 0 saturated carbocycles. The van der Waals surface area contributed by atoms with Gasteiger partial charge in [0.1, 0.15) is 11.5 Å². The second-order valence-corrected chi connectivity index (χ2v) is 5.49. The van der Waals surface area contributed by atoms with Gasteiger partial charge >= 0.3 is 11.9 Å². The Morgan fingerprint density at radius 2 is 1.35 bits per heavy atom. The van der Waals surface area contributed by atoms with Crippen LogP contribution in [-0.2, 0) is 22.4 Å². The summed E-state index contributed by atoms with van der Waals surface area (Å²) in [6, 6.07) is 13.3. The Morgan fingerprint density at radius 3 is 1.96 bits per heavy atom. The third kappa shape index (κ3) is 5.58. The van der Waals surface area contributed by atoms with Crippen molar-refractivity contribution in [3.8, 4) is 11.5 Å². The van der Waals surface area contributed by atoms with Gasteiger partial charge in [-0.15, -0.1) is 0 Å². The molecule has 2 aromatic carbocycles. The summed E-state index contributed by atoms with van der Waals surface area (Å²) in [4.78, 5) is 22.0. The van der Waals surface area contributed by atoms with Crippen LogP contribution in [0.2, 0.25) is 0 Å². The zero-order valence-electron chi connectivity index (χ0n) is 13.6. The smallest absolute Gasteiger partial charge is 0.308 e. The van der Waals surface area contributed by atoms with Crippen LogP contribution in [0, 0.1) is 6.92 Å². The summed E-state index contributed by atoms with van der Waals surface area (Å²) in [5, 5.41) is 0. The molecule has 0 aliphatic carbocycles. The van der Waals surface area contributed by atoms with Gasteiger partial charge in [-0.3, -0.25) is 9.59 Å². The van der Waals surface area contributed by atoms with Crippen LogP contribution in [0.15, 0.2) is 42.5 Å². The van der Waals surface area contributed by atoms with Crippen molar-refractivity contribution in [3.05, 3.63) is 59.2 Å². The van der Waals surface area contributed by atoms with Crippen LogP contribution in [0.4, 0.5) is 0 Å². The van der Waals surface area contributed by atoms with Crippen LogP contribution in [0.3, 0.4) is 0 Å². The summed E-state index contributed by atoms with van der Waals surface area (Å²) in [7, 11) is 0. The molecular weight excluding hydrogens is 292 g/mol. The number of rotatable bonds is 5. The van der Waals surface area contributed by atoms with Crippen LogP contribution >= 0.6 is 0 Å². The molecule has 0 N–H and O–H groups in total. The molecule has 0 fully saturated rings. The number of hydrogen-bond acceptors (Lipinski definition) is 4. The molecule has 0 aliphatic heterocycles. The number of hydrogen-bond donors (Lipinski definition) is 0. The lowest BCUT2D eigenvalue weighted by atomic mass is 10.0. The molecule has 2 rings (SSSR count). The van der Waals surface area contributed by atoms with Gasteiger partial charge in [0.15, 0.2) is 0 Å². The van der Waals surface area contributed by atoms with Crippen molar-refractivity contribution in [3.63, 3.8) is 0 Å². The molecule has 0 radical (unpaired) electrons. The van der Waals surface area contributed by atoms with E-state index in [9.17, 15) is 9.59 Å². The van der Waals surface area contributed by atoms with Crippen molar-refractivity contribution in [2.45, 2.75) is 33.6 Å². The van der Waals surface area contributed by atoms with E-state index in [2.05, 4.69) is 6.07 Å². The largest absolute Gasteiger partial charge is 0.427 e. The number of aryl methyl sites for hydroxylation is 3. The Balaban J connectivity index is 2.01. The van der Waals surface area contributed by atoms with Gasteiger partial charge in [-0.1, -0.05) is 18.2 Å². The Labute approximate surface area is 136 Å². The summed E-state index contributed by atoms with van der Waals surface area (Å²) >= 11 is 0. The van der Waals surface area contributed by atoms with E-state index in [0.717, 1.165) is 29.5 Å². The van der Waals surface area contributed by atoms with E-state index >= 15 is 0 Å². The number of carbonyl (C=O) groups is 2. The van der Waals surface area contributed by atoms with Crippen LogP contribution in [-0.4, -0.2) is 11.9 Å². The Bertz CT molecular complexity index is 702. The van der Waals surface area contributed by atoms with Gasteiger partial charge in [0.2, 0.25) is 0 Å². The van der Waals surface area contributed by atoms with Crippen molar-refractivity contribution in [2.24, 2.45) is 0 Å². The summed E-state index contributed by atoms with van der Waals surface area (Å²) in [5.74, 6) is 0.491. The van der Waals surface area contributed by atoms with Crippen LogP contribution < -0.4 is 9.47 Å². The molecular formula is C19H20O4. The number of esters is 2. The molecule has 0 aliphatic rings. The second-order valence-electron chi connectivity index (χ2n) is 5.49. The highest BCUT2D eigenvalue weighted by atomic mass is 16.5. The lowest BCUT2D eigenvalue weighted by molar-refractivity contribution is -0.132. The zero-order chi connectivity index (χ0) is 16.8. The van der Waals surface area contributed by atoms with Crippen LogP contribution in [0.25, 0.3) is 0 Å². The standard InChI is InChI=1S/C19H20O4/c1-13-10-17(12-19(11-13)23-15(3)21)5-4-16-6-8-18(9-7-16)22-14(2)20/h6-12H,4-5H2,1-3H3. The summed E-state index contributed by atoms with van der Waals surface area (Å²) < 4.78 is 10.2. The maximum atomic E-state index is 11.1. The molecule has 0 unspecified atom stereocenters. The lowest BCUT2D eigenvalue weighted by Crippen LogP contribution is -2.03. The molecule has 0 spiro atoms. The fourth-order valence-electron chi connectivity index (χ4n) is 2.37. The van der Waals surface area contributed by atoms with Gasteiger partial charge < -0.3 is 9.47 Å². The molecule has 4 nitrogen and oxygen atoms in total. The summed E-state index contributed by atoms with van der Waals surface area (Å²) in [6.45, 7) is 4.75. The molecule has 0 aromatic heterocycles. The topological polar surface area (TPSA) is 52.6 Å². The van der Waals surface area contributed by atoms with Crippen LogP contribution in [0.1, 0.15) is 30.5 Å². The molecule has 4 heteroatoms. The average molecular weight is 312 g/mol. The lowest BCUT2D eigenvalue weighted by Gasteiger charge is -2.08. The maximum Gasteiger partial charge on any atom is 0.308 e. The molecule has 23 heavy (non-hydrogen) atoms. The van der Waals surface area contributed by atoms with E-state index in [1.54, 1.807) is 12.1 Å². The monoisotopic (exact) mass is 312 g/mol. The van der Waals surface area contributed by atoms with E-state index in [4.69, 9.17) is 9.47 Å².